The highest BCUT2D eigenvalue weighted by atomic mass is 35.5. The van der Waals surface area contributed by atoms with Crippen molar-refractivity contribution < 1.29 is 81.2 Å². The number of halogens is 8. The van der Waals surface area contributed by atoms with E-state index in [1.165, 1.54) is 60.7 Å². The lowest BCUT2D eigenvalue weighted by atomic mass is 10.0. The number of unbranched alkanes of at least 4 members (excludes halogenated alkanes) is 1. The van der Waals surface area contributed by atoms with Gasteiger partial charge >= 0.3 is 24.4 Å². The van der Waals surface area contributed by atoms with Crippen LogP contribution in [0.25, 0.3) is 0 Å². The van der Waals surface area contributed by atoms with E-state index in [1.807, 2.05) is 0 Å². The van der Waals surface area contributed by atoms with E-state index < -0.39 is 67.8 Å². The van der Waals surface area contributed by atoms with Crippen LogP contribution in [0.1, 0.15) is 58.4 Å². The molecule has 0 heterocycles. The van der Waals surface area contributed by atoms with E-state index in [4.69, 9.17) is 51.6 Å². The highest BCUT2D eigenvalue weighted by Gasteiger charge is 2.45. The van der Waals surface area contributed by atoms with Gasteiger partial charge in [-0.25, -0.2) is 35.9 Å². The molecule has 4 amide bonds. The molecule has 84 heavy (non-hydrogen) atoms. The van der Waals surface area contributed by atoms with Gasteiger partial charge in [-0.3, -0.25) is 0 Å². The zero-order valence-electron chi connectivity index (χ0n) is 46.6. The molecule has 4 aromatic carbocycles. The average molecular weight is 1270 g/mol. The molecule has 0 saturated heterocycles. The van der Waals surface area contributed by atoms with Gasteiger partial charge in [-0.05, 0) is 149 Å². The van der Waals surface area contributed by atoms with Crippen molar-refractivity contribution in [2.24, 2.45) is 0 Å². The monoisotopic (exact) mass is 1270 g/mol. The summed E-state index contributed by atoms with van der Waals surface area (Å²) in [6, 6.07) is 14.2. The Morgan fingerprint density at radius 1 is 0.500 bits per heavy atom. The standard InChI is InChI=1S/C54H70Cl2F6N8O12S2/c1-69(2)47-33-41-43(29-35(55)31-45(41)53(57,58)59)49(47)81-37-7-11-39(12-8-37)83(73,74)67-19-23-79-27-25-77-21-17-65-51(71)63-15-5-6-16-64-52(72)66-18-22-78-26-28-80-24-20-68-84(75,76)40-13-9-38(10-14-40)82-50-44-30-36(56)32-46(54(60,61)62)42(44)34-48(50)70(3)4/h7-14,29-32,47-50,67-68H,5-6,15-28,33-34H2,1-4H3,(H2,63,65,71)(H2,64,66,72)/t47-,48?,49-,50-/m0/s1. The van der Waals surface area contributed by atoms with E-state index in [2.05, 4.69) is 30.7 Å². The second-order valence-corrected chi connectivity index (χ2v) is 24.3. The van der Waals surface area contributed by atoms with Gasteiger partial charge < -0.3 is 59.5 Å². The molecule has 6 N–H and O–H groups in total. The summed E-state index contributed by atoms with van der Waals surface area (Å²) in [5, 5.41) is 10.6. The summed E-state index contributed by atoms with van der Waals surface area (Å²) in [7, 11) is -0.881. The van der Waals surface area contributed by atoms with Crippen LogP contribution < -0.4 is 40.2 Å². The van der Waals surface area contributed by atoms with Gasteiger partial charge in [-0.1, -0.05) is 23.2 Å². The summed E-state index contributed by atoms with van der Waals surface area (Å²) in [5.41, 5.74) is -0.739. The maximum atomic E-state index is 13.9. The highest BCUT2D eigenvalue weighted by molar-refractivity contribution is 7.89. The number of urea groups is 2. The van der Waals surface area contributed by atoms with Crippen molar-refractivity contribution in [3.8, 4) is 11.5 Å². The Bertz CT molecular complexity index is 2830. The molecule has 0 fully saturated rings. The number of nitrogens with zero attached hydrogens (tertiary/aromatic N) is 2. The van der Waals surface area contributed by atoms with Gasteiger partial charge in [0.2, 0.25) is 20.0 Å². The topological polar surface area (TPSA) is 236 Å². The summed E-state index contributed by atoms with van der Waals surface area (Å²) >= 11 is 12.2. The van der Waals surface area contributed by atoms with Gasteiger partial charge in [-0.15, -0.1) is 0 Å². The number of nitrogens with one attached hydrogen (secondary N) is 6. The number of rotatable bonds is 33. The smallest absolute Gasteiger partial charge is 0.416 e. The Morgan fingerprint density at radius 3 is 1.14 bits per heavy atom. The fourth-order valence-corrected chi connectivity index (χ4v) is 11.7. The molecule has 1 unspecified atom stereocenters. The predicted octanol–water partition coefficient (Wildman–Crippen LogP) is 6.95. The number of amides is 4. The van der Waals surface area contributed by atoms with Gasteiger partial charge in [0.25, 0.3) is 0 Å². The number of carbonyl (C=O) groups excluding carboxylic acids is 2. The largest absolute Gasteiger partial charge is 0.484 e. The van der Waals surface area contributed by atoms with Gasteiger partial charge in [0.1, 0.15) is 23.7 Å². The highest BCUT2D eigenvalue weighted by Crippen LogP contribution is 2.47. The number of alkyl halides is 6. The first-order valence-corrected chi connectivity index (χ1v) is 30.5. The van der Waals surface area contributed by atoms with Crippen LogP contribution in [0.15, 0.2) is 82.6 Å². The number of fused-ring (bicyclic) bond motifs is 2. The van der Waals surface area contributed by atoms with E-state index in [0.717, 1.165) is 12.1 Å². The molecule has 20 nitrogen and oxygen atoms in total. The number of likely N-dealkylation sites (N-methyl/N-ethyl adjacent to an activating group) is 2. The summed E-state index contributed by atoms with van der Waals surface area (Å²) in [4.78, 5) is 27.6. The van der Waals surface area contributed by atoms with E-state index in [0.29, 0.717) is 37.1 Å². The van der Waals surface area contributed by atoms with Crippen LogP contribution in [0.3, 0.4) is 0 Å². The summed E-state index contributed by atoms with van der Waals surface area (Å²) in [5.74, 6) is 0.534. The van der Waals surface area contributed by atoms with Crippen LogP contribution in [0.5, 0.6) is 11.5 Å². The Kier molecular flexibility index (Phi) is 25.4. The molecule has 0 aromatic heterocycles. The van der Waals surface area contributed by atoms with Crippen molar-refractivity contribution in [2.75, 3.05) is 120 Å². The number of sulfonamides is 2. The number of hydrogen-bond donors (Lipinski definition) is 6. The molecule has 0 radical (unpaired) electrons. The van der Waals surface area contributed by atoms with Crippen LogP contribution in [0.4, 0.5) is 35.9 Å². The molecule has 0 saturated carbocycles. The normalized spacial score (nSPS) is 17.1. The average Bonchev–Trinajstić information content (AvgIpc) is 2.66. The number of hydrogen-bond acceptors (Lipinski definition) is 14. The second-order valence-electron chi connectivity index (χ2n) is 19.8. The maximum absolute atomic E-state index is 13.9. The molecule has 0 aliphatic heterocycles. The molecular weight excluding hydrogens is 1200 g/mol. The minimum atomic E-state index is -4.60. The lowest BCUT2D eigenvalue weighted by Crippen LogP contribution is -2.39. The van der Waals surface area contributed by atoms with E-state index in [-0.39, 0.29) is 146 Å². The Morgan fingerprint density at radius 2 is 0.821 bits per heavy atom. The van der Waals surface area contributed by atoms with Crippen LogP contribution in [0, 0.1) is 0 Å². The van der Waals surface area contributed by atoms with Crippen LogP contribution >= 0.6 is 23.2 Å². The first-order chi connectivity index (χ1) is 39.7. The van der Waals surface area contributed by atoms with Gasteiger partial charge in [0.15, 0.2) is 0 Å². The zero-order chi connectivity index (χ0) is 61.2. The molecule has 4 aromatic rings. The third-order valence-corrected chi connectivity index (χ3v) is 16.8. The SMILES string of the molecule is CN(C)C1Cc2c(cc(Cl)cc2C(F)(F)F)[C@@H]1Oc1ccc(S(=O)(=O)NCCOCCOCCNC(=O)NCCCCNC(=O)NCCOCCOCCNS(=O)(=O)c2ccc(O[C@H]3c4cc(Cl)cc(C(F)(F)F)c4C[C@@H]3N(C)C)cc2)cc1. The summed E-state index contributed by atoms with van der Waals surface area (Å²) in [6.07, 6.45) is -9.39. The van der Waals surface area contributed by atoms with Gasteiger partial charge in [0, 0.05) is 49.3 Å². The van der Waals surface area contributed by atoms with Gasteiger partial charge in [0.05, 0.1) is 85.9 Å². The van der Waals surface area contributed by atoms with Crippen LogP contribution in [-0.2, 0) is 64.2 Å². The van der Waals surface area contributed by atoms with Gasteiger partial charge in [-0.2, -0.15) is 26.3 Å². The molecule has 2 aliphatic rings. The van der Waals surface area contributed by atoms with Crippen molar-refractivity contribution in [3.63, 3.8) is 0 Å². The van der Waals surface area contributed by atoms with E-state index in [9.17, 15) is 52.8 Å². The Balaban J connectivity index is 0.713. The Labute approximate surface area is 494 Å². The molecule has 2 aliphatic carbocycles. The molecular formula is C54H70Cl2F6N8O12S2. The number of carbonyl (C=O) groups is 2. The fraction of sp³-hybridized carbons (Fsp3) is 0.519. The van der Waals surface area contributed by atoms with Crippen molar-refractivity contribution >= 4 is 55.3 Å². The minimum absolute atomic E-state index is 0.0314. The first kappa shape index (κ1) is 67.9. The van der Waals surface area contributed by atoms with Crippen molar-refractivity contribution in [1.29, 1.82) is 0 Å². The van der Waals surface area contributed by atoms with E-state index >= 15 is 0 Å². The fourth-order valence-electron chi connectivity index (χ4n) is 9.27. The van der Waals surface area contributed by atoms with Crippen molar-refractivity contribution in [2.45, 2.75) is 72.1 Å². The molecule has 6 rings (SSSR count). The number of ether oxygens (including phenoxy) is 6. The zero-order valence-corrected chi connectivity index (χ0v) is 49.7. The first-order valence-electron chi connectivity index (χ1n) is 26.7. The molecule has 466 valence electrons. The lowest BCUT2D eigenvalue weighted by Gasteiger charge is -2.27. The van der Waals surface area contributed by atoms with E-state index in [1.54, 1.807) is 38.0 Å². The maximum Gasteiger partial charge on any atom is 0.416 e. The second kappa shape index (κ2) is 31.4. The van der Waals surface area contributed by atoms with Crippen molar-refractivity contribution in [3.05, 3.63) is 116 Å². The van der Waals surface area contributed by atoms with Crippen molar-refractivity contribution in [1.82, 2.24) is 40.5 Å². The Hall–Kier alpha value is -5.24. The minimum Gasteiger partial charge on any atom is -0.484 e. The lowest BCUT2D eigenvalue weighted by molar-refractivity contribution is -0.139. The third-order valence-electron chi connectivity index (χ3n) is 13.4. The molecule has 4 atom stereocenters. The summed E-state index contributed by atoms with van der Waals surface area (Å²) < 4.78 is 174. The quantitative estimate of drug-likeness (QED) is 0.0209. The summed E-state index contributed by atoms with van der Waals surface area (Å²) in [6.45, 7) is 2.37. The van der Waals surface area contributed by atoms with Crippen LogP contribution in [0.2, 0.25) is 10.0 Å². The molecule has 0 spiro atoms. The molecule has 0 bridgehead atoms. The number of benzene rings is 4. The third kappa shape index (κ3) is 20.2. The molecule has 30 heteroatoms. The van der Waals surface area contributed by atoms with Crippen LogP contribution in [-0.4, -0.2) is 171 Å². The predicted molar refractivity (Wildman–Crippen MR) is 301 cm³/mol.